The lowest BCUT2D eigenvalue weighted by Crippen LogP contribution is -2.35. The van der Waals surface area contributed by atoms with Crippen molar-refractivity contribution in [2.45, 2.75) is 31.8 Å². The number of aliphatic hydroxyl groups is 1. The van der Waals surface area contributed by atoms with E-state index in [1.54, 1.807) is 17.5 Å². The molecule has 22 heavy (non-hydrogen) atoms. The number of nitrogens with zero attached hydrogens (tertiary/aromatic N) is 2. The van der Waals surface area contributed by atoms with Crippen LogP contribution in [0.1, 0.15) is 24.3 Å². The standard InChI is InChI=1S/C16H19N3O2S/c20-14-6-3-4-11(14)16(21)18-9-7-15-19-13(10-22-15)12-5-1-2-8-17-12/h1-2,5,8,10-11,14,20H,3-4,6-7,9H2,(H,18,21). The zero-order chi connectivity index (χ0) is 15.4. The van der Waals surface area contributed by atoms with Crippen molar-refractivity contribution in [3.8, 4) is 11.4 Å². The summed E-state index contributed by atoms with van der Waals surface area (Å²) in [5.74, 6) is -0.271. The van der Waals surface area contributed by atoms with Gasteiger partial charge in [0.25, 0.3) is 0 Å². The number of amides is 1. The van der Waals surface area contributed by atoms with Crippen molar-refractivity contribution in [2.24, 2.45) is 5.92 Å². The smallest absolute Gasteiger partial charge is 0.225 e. The van der Waals surface area contributed by atoms with Gasteiger partial charge in [-0.15, -0.1) is 11.3 Å². The highest BCUT2D eigenvalue weighted by molar-refractivity contribution is 7.09. The van der Waals surface area contributed by atoms with Gasteiger partial charge in [-0.05, 0) is 31.4 Å². The maximum Gasteiger partial charge on any atom is 0.225 e. The Morgan fingerprint density at radius 3 is 3.00 bits per heavy atom. The van der Waals surface area contributed by atoms with E-state index in [2.05, 4.69) is 15.3 Å². The second kappa shape index (κ2) is 6.98. The molecule has 2 heterocycles. The molecular formula is C16H19N3O2S. The first-order valence-electron chi connectivity index (χ1n) is 7.55. The number of hydrogen-bond acceptors (Lipinski definition) is 5. The van der Waals surface area contributed by atoms with Gasteiger partial charge in [0.2, 0.25) is 5.91 Å². The third kappa shape index (κ3) is 3.51. The van der Waals surface area contributed by atoms with Crippen LogP contribution < -0.4 is 5.32 Å². The van der Waals surface area contributed by atoms with E-state index in [0.29, 0.717) is 13.0 Å². The van der Waals surface area contributed by atoms with E-state index in [4.69, 9.17) is 0 Å². The van der Waals surface area contributed by atoms with Crippen molar-refractivity contribution in [2.75, 3.05) is 6.54 Å². The van der Waals surface area contributed by atoms with Gasteiger partial charge >= 0.3 is 0 Å². The number of aromatic nitrogens is 2. The third-order valence-corrected chi connectivity index (χ3v) is 4.84. The molecule has 0 aromatic carbocycles. The summed E-state index contributed by atoms with van der Waals surface area (Å²) >= 11 is 1.58. The van der Waals surface area contributed by atoms with Crippen LogP contribution in [0.2, 0.25) is 0 Å². The lowest BCUT2D eigenvalue weighted by atomic mass is 10.1. The number of rotatable bonds is 5. The number of nitrogens with one attached hydrogen (secondary N) is 1. The van der Waals surface area contributed by atoms with Gasteiger partial charge in [0.05, 0.1) is 28.4 Å². The van der Waals surface area contributed by atoms with Crippen LogP contribution in [-0.4, -0.2) is 33.6 Å². The number of carbonyl (C=O) groups excluding carboxylic acids is 1. The zero-order valence-corrected chi connectivity index (χ0v) is 13.1. The summed E-state index contributed by atoms with van der Waals surface area (Å²) in [4.78, 5) is 20.8. The van der Waals surface area contributed by atoms with Crippen LogP contribution in [0, 0.1) is 5.92 Å². The van der Waals surface area contributed by atoms with E-state index in [1.165, 1.54) is 0 Å². The predicted molar refractivity (Wildman–Crippen MR) is 85.4 cm³/mol. The Hall–Kier alpha value is -1.79. The van der Waals surface area contributed by atoms with E-state index in [9.17, 15) is 9.90 Å². The maximum atomic E-state index is 12.0. The van der Waals surface area contributed by atoms with Crippen molar-refractivity contribution < 1.29 is 9.90 Å². The van der Waals surface area contributed by atoms with E-state index in [0.717, 1.165) is 35.7 Å². The van der Waals surface area contributed by atoms with Crippen LogP contribution in [0.25, 0.3) is 11.4 Å². The van der Waals surface area contributed by atoms with Gasteiger partial charge in [-0.25, -0.2) is 4.98 Å². The van der Waals surface area contributed by atoms with Gasteiger partial charge in [-0.1, -0.05) is 6.07 Å². The summed E-state index contributed by atoms with van der Waals surface area (Å²) < 4.78 is 0. The third-order valence-electron chi connectivity index (χ3n) is 3.93. The molecule has 0 bridgehead atoms. The minimum absolute atomic E-state index is 0.0356. The van der Waals surface area contributed by atoms with E-state index in [-0.39, 0.29) is 11.8 Å². The van der Waals surface area contributed by atoms with Crippen molar-refractivity contribution in [3.63, 3.8) is 0 Å². The van der Waals surface area contributed by atoms with Crippen LogP contribution in [0.3, 0.4) is 0 Å². The van der Waals surface area contributed by atoms with Crippen molar-refractivity contribution in [1.29, 1.82) is 0 Å². The largest absolute Gasteiger partial charge is 0.392 e. The summed E-state index contributed by atoms with van der Waals surface area (Å²) in [5, 5.41) is 15.6. The van der Waals surface area contributed by atoms with Gasteiger partial charge in [0.15, 0.2) is 0 Å². The predicted octanol–water partition coefficient (Wildman–Crippen LogP) is 2.02. The molecule has 1 fully saturated rings. The molecule has 2 N–H and O–H groups in total. The van der Waals surface area contributed by atoms with Gasteiger partial charge in [0, 0.05) is 24.5 Å². The van der Waals surface area contributed by atoms with Crippen molar-refractivity contribution >= 4 is 17.2 Å². The average Bonchev–Trinajstić information content (AvgIpc) is 3.17. The molecule has 2 aromatic rings. The van der Waals surface area contributed by atoms with Gasteiger partial charge in [-0.2, -0.15) is 0 Å². The fourth-order valence-electron chi connectivity index (χ4n) is 2.73. The van der Waals surface area contributed by atoms with E-state index in [1.807, 2.05) is 23.6 Å². The fourth-order valence-corrected chi connectivity index (χ4v) is 3.52. The number of aliphatic hydroxyl groups excluding tert-OH is 1. The van der Waals surface area contributed by atoms with Crippen LogP contribution in [0.15, 0.2) is 29.8 Å². The Morgan fingerprint density at radius 1 is 1.36 bits per heavy atom. The highest BCUT2D eigenvalue weighted by Crippen LogP contribution is 2.25. The molecule has 0 saturated heterocycles. The SMILES string of the molecule is O=C(NCCc1nc(-c2ccccn2)cs1)C1CCCC1O. The van der Waals surface area contributed by atoms with Gasteiger partial charge < -0.3 is 10.4 Å². The van der Waals surface area contributed by atoms with E-state index < -0.39 is 6.10 Å². The second-order valence-electron chi connectivity index (χ2n) is 5.49. The summed E-state index contributed by atoms with van der Waals surface area (Å²) in [5.41, 5.74) is 1.74. The fraction of sp³-hybridized carbons (Fsp3) is 0.438. The molecule has 1 aliphatic carbocycles. The topological polar surface area (TPSA) is 75.1 Å². The molecule has 6 heteroatoms. The maximum absolute atomic E-state index is 12.0. The highest BCUT2D eigenvalue weighted by atomic mass is 32.1. The minimum Gasteiger partial charge on any atom is -0.392 e. The molecule has 1 saturated carbocycles. The van der Waals surface area contributed by atoms with Crippen LogP contribution in [0.4, 0.5) is 0 Å². The van der Waals surface area contributed by atoms with Crippen LogP contribution in [-0.2, 0) is 11.2 Å². The lowest BCUT2D eigenvalue weighted by Gasteiger charge is -2.13. The summed E-state index contributed by atoms with van der Waals surface area (Å²) in [6.45, 7) is 0.553. The minimum atomic E-state index is -0.476. The molecule has 1 amide bonds. The van der Waals surface area contributed by atoms with E-state index >= 15 is 0 Å². The van der Waals surface area contributed by atoms with Crippen molar-refractivity contribution in [1.82, 2.24) is 15.3 Å². The lowest BCUT2D eigenvalue weighted by molar-refractivity contribution is -0.127. The van der Waals surface area contributed by atoms with Crippen molar-refractivity contribution in [3.05, 3.63) is 34.8 Å². The summed E-state index contributed by atoms with van der Waals surface area (Å²) in [6, 6.07) is 5.75. The molecule has 1 aliphatic rings. The second-order valence-corrected chi connectivity index (χ2v) is 6.43. The molecule has 0 aliphatic heterocycles. The molecular weight excluding hydrogens is 298 g/mol. The Bertz CT molecular complexity index is 629. The monoisotopic (exact) mass is 317 g/mol. The molecule has 2 aromatic heterocycles. The molecule has 0 spiro atoms. The molecule has 3 rings (SSSR count). The summed E-state index contributed by atoms with van der Waals surface area (Å²) in [6.07, 6.45) is 4.43. The number of pyridine rings is 1. The first kappa shape index (κ1) is 15.1. The Morgan fingerprint density at radius 2 is 2.27 bits per heavy atom. The number of hydrogen-bond donors (Lipinski definition) is 2. The zero-order valence-electron chi connectivity index (χ0n) is 12.2. The quantitative estimate of drug-likeness (QED) is 0.885. The number of thiazole rings is 1. The first-order chi connectivity index (χ1) is 10.7. The Labute approximate surface area is 133 Å². The molecule has 5 nitrogen and oxygen atoms in total. The van der Waals surface area contributed by atoms with Gasteiger partial charge in [0.1, 0.15) is 0 Å². The highest BCUT2D eigenvalue weighted by Gasteiger charge is 2.31. The summed E-state index contributed by atoms with van der Waals surface area (Å²) in [7, 11) is 0. The van der Waals surface area contributed by atoms with Gasteiger partial charge in [-0.3, -0.25) is 9.78 Å². The van der Waals surface area contributed by atoms with Crippen LogP contribution >= 0.6 is 11.3 Å². The average molecular weight is 317 g/mol. The normalized spacial score (nSPS) is 21.0. The molecule has 2 unspecified atom stereocenters. The molecule has 0 radical (unpaired) electrons. The Kier molecular flexibility index (Phi) is 4.80. The van der Waals surface area contributed by atoms with Crippen LogP contribution in [0.5, 0.6) is 0 Å². The molecule has 116 valence electrons. The molecule has 2 atom stereocenters. The first-order valence-corrected chi connectivity index (χ1v) is 8.43. The number of carbonyl (C=O) groups is 1. The Balaban J connectivity index is 1.50.